The fourth-order valence-corrected chi connectivity index (χ4v) is 3.09. The van der Waals surface area contributed by atoms with Crippen LogP contribution in [0, 0.1) is 5.82 Å². The lowest BCUT2D eigenvalue weighted by Gasteiger charge is -2.35. The van der Waals surface area contributed by atoms with Crippen molar-refractivity contribution < 1.29 is 24.1 Å². The predicted molar refractivity (Wildman–Crippen MR) is 89.1 cm³/mol. The van der Waals surface area contributed by atoms with Crippen LogP contribution in [0.4, 0.5) is 4.39 Å². The number of phenols is 1. The van der Waals surface area contributed by atoms with Crippen molar-refractivity contribution in [2.45, 2.75) is 38.0 Å². The largest absolute Gasteiger partial charge is 0.507 e. The molecule has 1 aromatic carbocycles. The number of phenolic OH excluding ortho intramolecular Hbond substituents is 1. The summed E-state index contributed by atoms with van der Waals surface area (Å²) in [6, 6.07) is 3.16. The van der Waals surface area contributed by atoms with Crippen LogP contribution >= 0.6 is 0 Å². The van der Waals surface area contributed by atoms with Crippen LogP contribution < -0.4 is 5.32 Å². The molecule has 1 heterocycles. The summed E-state index contributed by atoms with van der Waals surface area (Å²) in [7, 11) is 1.60. The molecule has 2 aromatic rings. The molecule has 140 valence electrons. The number of rotatable bonds is 7. The normalized spacial score (nSPS) is 19.2. The number of aromatic nitrogens is 3. The van der Waals surface area contributed by atoms with Crippen molar-refractivity contribution in [3.63, 3.8) is 0 Å². The van der Waals surface area contributed by atoms with Gasteiger partial charge in [0.15, 0.2) is 5.82 Å². The molecule has 0 radical (unpaired) electrons. The summed E-state index contributed by atoms with van der Waals surface area (Å²) in [5, 5.41) is 30.0. The zero-order valence-corrected chi connectivity index (χ0v) is 14.4. The number of carbonyl (C=O) groups is 1. The van der Waals surface area contributed by atoms with E-state index < -0.39 is 11.7 Å². The van der Waals surface area contributed by atoms with E-state index in [0.29, 0.717) is 31.8 Å². The standard InChI is InChI=1S/C17H21FN4O4/c1-26-5-4-22-15(9-23)20-21-16(22)10-6-12(7-10)19-17(25)13-8-11(18)2-3-14(13)24/h2-3,8,10,12,23-24H,4-7,9H2,1H3,(H,19,25). The lowest BCUT2D eigenvalue weighted by atomic mass is 9.79. The average Bonchev–Trinajstić information content (AvgIpc) is 3.00. The quantitative estimate of drug-likeness (QED) is 0.675. The second-order valence-electron chi connectivity index (χ2n) is 6.28. The van der Waals surface area contributed by atoms with Gasteiger partial charge in [-0.15, -0.1) is 10.2 Å². The van der Waals surface area contributed by atoms with Gasteiger partial charge in [0, 0.05) is 25.6 Å². The Morgan fingerprint density at radius 2 is 2.19 bits per heavy atom. The van der Waals surface area contributed by atoms with Gasteiger partial charge in [-0.05, 0) is 31.0 Å². The van der Waals surface area contributed by atoms with Crippen LogP contribution in [0.25, 0.3) is 0 Å². The Morgan fingerprint density at radius 1 is 1.42 bits per heavy atom. The summed E-state index contributed by atoms with van der Waals surface area (Å²) in [5.74, 6) is -0.0123. The van der Waals surface area contributed by atoms with Gasteiger partial charge in [0.1, 0.15) is 24.0 Å². The van der Waals surface area contributed by atoms with Crippen LogP contribution in [0.15, 0.2) is 18.2 Å². The van der Waals surface area contributed by atoms with Gasteiger partial charge in [-0.25, -0.2) is 4.39 Å². The van der Waals surface area contributed by atoms with E-state index in [1.807, 2.05) is 4.57 Å². The van der Waals surface area contributed by atoms with Crippen LogP contribution in [-0.4, -0.2) is 50.6 Å². The second-order valence-corrected chi connectivity index (χ2v) is 6.28. The maximum atomic E-state index is 13.3. The lowest BCUT2D eigenvalue weighted by Crippen LogP contribution is -2.44. The third-order valence-electron chi connectivity index (χ3n) is 4.56. The maximum absolute atomic E-state index is 13.3. The van der Waals surface area contributed by atoms with Crippen molar-refractivity contribution in [1.82, 2.24) is 20.1 Å². The molecule has 0 spiro atoms. The van der Waals surface area contributed by atoms with Gasteiger partial charge < -0.3 is 24.8 Å². The first-order valence-electron chi connectivity index (χ1n) is 8.34. The molecule has 3 rings (SSSR count). The number of carbonyl (C=O) groups excluding carboxylic acids is 1. The van der Waals surface area contributed by atoms with E-state index in [1.54, 1.807) is 7.11 Å². The molecule has 1 amide bonds. The van der Waals surface area contributed by atoms with Gasteiger partial charge in [-0.1, -0.05) is 0 Å². The molecule has 8 nitrogen and oxygen atoms in total. The molecular formula is C17H21FN4O4. The topological polar surface area (TPSA) is 110 Å². The van der Waals surface area contributed by atoms with Gasteiger partial charge >= 0.3 is 0 Å². The zero-order chi connectivity index (χ0) is 18.7. The smallest absolute Gasteiger partial charge is 0.255 e. The second kappa shape index (κ2) is 7.79. The summed E-state index contributed by atoms with van der Waals surface area (Å²) in [4.78, 5) is 12.2. The van der Waals surface area contributed by atoms with E-state index in [4.69, 9.17) is 4.74 Å². The average molecular weight is 364 g/mol. The molecule has 0 atom stereocenters. The van der Waals surface area contributed by atoms with Crippen molar-refractivity contribution >= 4 is 5.91 Å². The predicted octanol–water partition coefficient (Wildman–Crippen LogP) is 0.937. The molecule has 0 unspecified atom stereocenters. The van der Waals surface area contributed by atoms with Crippen LogP contribution in [0.2, 0.25) is 0 Å². The van der Waals surface area contributed by atoms with E-state index in [1.165, 1.54) is 0 Å². The number of methoxy groups -OCH3 is 1. The summed E-state index contributed by atoms with van der Waals surface area (Å²) < 4.78 is 20.2. The number of hydrogen-bond donors (Lipinski definition) is 3. The Hall–Kier alpha value is -2.52. The van der Waals surface area contributed by atoms with Crippen molar-refractivity contribution in [2.75, 3.05) is 13.7 Å². The summed E-state index contributed by atoms with van der Waals surface area (Å²) in [6.07, 6.45) is 1.30. The Morgan fingerprint density at radius 3 is 2.88 bits per heavy atom. The summed E-state index contributed by atoms with van der Waals surface area (Å²) >= 11 is 0. The minimum atomic E-state index is -0.581. The van der Waals surface area contributed by atoms with Gasteiger partial charge in [-0.3, -0.25) is 4.79 Å². The number of nitrogens with one attached hydrogen (secondary N) is 1. The summed E-state index contributed by atoms with van der Waals surface area (Å²) in [5.41, 5.74) is -0.0840. The molecule has 0 aliphatic heterocycles. The molecule has 1 aliphatic carbocycles. The molecule has 1 fully saturated rings. The molecule has 26 heavy (non-hydrogen) atoms. The molecular weight excluding hydrogens is 343 g/mol. The van der Waals surface area contributed by atoms with Crippen LogP contribution in [0.3, 0.4) is 0 Å². The molecule has 0 bridgehead atoms. The highest BCUT2D eigenvalue weighted by Gasteiger charge is 2.35. The fourth-order valence-electron chi connectivity index (χ4n) is 3.09. The Labute approximate surface area is 149 Å². The number of benzene rings is 1. The number of nitrogens with zero attached hydrogens (tertiary/aromatic N) is 3. The Kier molecular flexibility index (Phi) is 5.48. The first-order valence-corrected chi connectivity index (χ1v) is 8.34. The van der Waals surface area contributed by atoms with Gasteiger partial charge in [0.2, 0.25) is 0 Å². The Bertz CT molecular complexity index is 789. The van der Waals surface area contributed by atoms with Gasteiger partial charge in [-0.2, -0.15) is 0 Å². The minimum absolute atomic E-state index is 0.0840. The van der Waals surface area contributed by atoms with Crippen molar-refractivity contribution in [1.29, 1.82) is 0 Å². The van der Waals surface area contributed by atoms with Crippen molar-refractivity contribution in [3.8, 4) is 5.75 Å². The number of halogens is 1. The number of aromatic hydroxyl groups is 1. The van der Waals surface area contributed by atoms with E-state index >= 15 is 0 Å². The maximum Gasteiger partial charge on any atom is 0.255 e. The number of aliphatic hydroxyl groups excluding tert-OH is 1. The Balaban J connectivity index is 1.61. The SMILES string of the molecule is COCCn1c(CO)nnc1C1CC(NC(=O)c2cc(F)ccc2O)C1. The molecule has 0 saturated heterocycles. The van der Waals surface area contributed by atoms with Gasteiger partial charge in [0.05, 0.1) is 12.2 Å². The number of amides is 1. The monoisotopic (exact) mass is 364 g/mol. The van der Waals surface area contributed by atoms with Crippen molar-refractivity contribution in [2.24, 2.45) is 0 Å². The van der Waals surface area contributed by atoms with E-state index in [9.17, 15) is 19.4 Å². The first kappa shape index (κ1) is 18.3. The third-order valence-corrected chi connectivity index (χ3v) is 4.56. The molecule has 3 N–H and O–H groups in total. The molecule has 9 heteroatoms. The summed E-state index contributed by atoms with van der Waals surface area (Å²) in [6.45, 7) is 0.811. The number of aliphatic hydroxyl groups is 1. The van der Waals surface area contributed by atoms with Crippen LogP contribution in [-0.2, 0) is 17.9 Å². The highest BCUT2D eigenvalue weighted by atomic mass is 19.1. The minimum Gasteiger partial charge on any atom is -0.507 e. The van der Waals surface area contributed by atoms with Crippen LogP contribution in [0.5, 0.6) is 5.75 Å². The number of hydrogen-bond acceptors (Lipinski definition) is 6. The lowest BCUT2D eigenvalue weighted by molar-refractivity contribution is 0.0903. The van der Waals surface area contributed by atoms with E-state index in [-0.39, 0.29) is 29.9 Å². The van der Waals surface area contributed by atoms with Crippen molar-refractivity contribution in [3.05, 3.63) is 41.2 Å². The first-order chi connectivity index (χ1) is 12.5. The van der Waals surface area contributed by atoms with E-state index in [2.05, 4.69) is 15.5 Å². The van der Waals surface area contributed by atoms with E-state index in [0.717, 1.165) is 24.0 Å². The number of ether oxygens (including phenoxy) is 1. The fraction of sp³-hybridized carbons (Fsp3) is 0.471. The highest BCUT2D eigenvalue weighted by molar-refractivity contribution is 5.97. The third kappa shape index (κ3) is 3.68. The highest BCUT2D eigenvalue weighted by Crippen LogP contribution is 2.36. The zero-order valence-electron chi connectivity index (χ0n) is 14.4. The molecule has 1 aromatic heterocycles. The molecule has 1 saturated carbocycles. The van der Waals surface area contributed by atoms with Crippen LogP contribution in [0.1, 0.15) is 40.8 Å². The molecule has 1 aliphatic rings. The van der Waals surface area contributed by atoms with Gasteiger partial charge in [0.25, 0.3) is 5.91 Å².